The lowest BCUT2D eigenvalue weighted by molar-refractivity contribution is -0.117. The van der Waals surface area contributed by atoms with Crippen LogP contribution in [0, 0.1) is 6.92 Å². The van der Waals surface area contributed by atoms with Crippen LogP contribution < -0.4 is 10.2 Å². The molecule has 0 aliphatic heterocycles. The average molecular weight is 262 g/mol. The van der Waals surface area contributed by atoms with Crippen molar-refractivity contribution in [2.24, 2.45) is 0 Å². The zero-order chi connectivity index (χ0) is 14.6. The largest absolute Gasteiger partial charge is 0.314 e. The van der Waals surface area contributed by atoms with Crippen molar-refractivity contribution < 1.29 is 4.79 Å². The Morgan fingerprint density at radius 1 is 1.32 bits per heavy atom. The second kappa shape index (κ2) is 6.20. The van der Waals surface area contributed by atoms with Crippen LogP contribution in [0.4, 0.5) is 5.69 Å². The first-order chi connectivity index (χ1) is 8.77. The molecular weight excluding hydrogens is 236 g/mol. The summed E-state index contributed by atoms with van der Waals surface area (Å²) in [6.45, 7) is 11.8. The van der Waals surface area contributed by atoms with Gasteiger partial charge in [-0.2, -0.15) is 0 Å². The molecular formula is C16H26N2O. The number of nitrogens with zero attached hydrogens (tertiary/aromatic N) is 1. The van der Waals surface area contributed by atoms with Crippen LogP contribution in [0.3, 0.4) is 0 Å². The predicted molar refractivity (Wildman–Crippen MR) is 81.8 cm³/mol. The van der Waals surface area contributed by atoms with Crippen molar-refractivity contribution in [3.8, 4) is 0 Å². The molecule has 1 aromatic rings. The van der Waals surface area contributed by atoms with E-state index in [4.69, 9.17) is 0 Å². The predicted octanol–water partition coefficient (Wildman–Crippen LogP) is 2.86. The molecule has 1 amide bonds. The van der Waals surface area contributed by atoms with Gasteiger partial charge in [0.05, 0.1) is 6.54 Å². The summed E-state index contributed by atoms with van der Waals surface area (Å²) in [5, 5.41) is 3.07. The summed E-state index contributed by atoms with van der Waals surface area (Å²) in [5.74, 6) is 0.0935. The van der Waals surface area contributed by atoms with Crippen LogP contribution >= 0.6 is 0 Å². The molecule has 19 heavy (non-hydrogen) atoms. The maximum Gasteiger partial charge on any atom is 0.240 e. The highest BCUT2D eigenvalue weighted by molar-refractivity contribution is 5.95. The fourth-order valence-electron chi connectivity index (χ4n) is 1.92. The number of carbonyl (C=O) groups is 1. The summed E-state index contributed by atoms with van der Waals surface area (Å²) < 4.78 is 0. The third-order valence-electron chi connectivity index (χ3n) is 3.34. The number of likely N-dealkylation sites (N-methyl/N-ethyl adjacent to an activating group) is 2. The zero-order valence-corrected chi connectivity index (χ0v) is 13.0. The van der Waals surface area contributed by atoms with Crippen molar-refractivity contribution >= 4 is 11.6 Å². The van der Waals surface area contributed by atoms with Crippen molar-refractivity contribution in [1.29, 1.82) is 0 Å². The van der Waals surface area contributed by atoms with Crippen LogP contribution in [0.5, 0.6) is 0 Å². The van der Waals surface area contributed by atoms with Crippen molar-refractivity contribution in [3.05, 3.63) is 29.3 Å². The Morgan fingerprint density at radius 3 is 2.47 bits per heavy atom. The van der Waals surface area contributed by atoms with Gasteiger partial charge in [0.25, 0.3) is 0 Å². The number of aryl methyl sites for hydroxylation is 1. The second-order valence-corrected chi connectivity index (χ2v) is 5.98. The molecule has 0 atom stereocenters. The molecule has 0 heterocycles. The molecule has 0 spiro atoms. The average Bonchev–Trinajstić information content (AvgIpc) is 2.34. The first-order valence-corrected chi connectivity index (χ1v) is 6.85. The molecule has 0 unspecified atom stereocenters. The van der Waals surface area contributed by atoms with Crippen LogP contribution in [0.15, 0.2) is 18.2 Å². The highest BCUT2D eigenvalue weighted by Gasteiger charge is 2.18. The van der Waals surface area contributed by atoms with Crippen molar-refractivity contribution in [2.45, 2.75) is 40.0 Å². The molecule has 106 valence electrons. The molecule has 0 bridgehead atoms. The van der Waals surface area contributed by atoms with Gasteiger partial charge in [-0.15, -0.1) is 0 Å². The minimum absolute atomic E-state index is 0.0913. The van der Waals surface area contributed by atoms with E-state index >= 15 is 0 Å². The number of carbonyl (C=O) groups excluding carboxylic acids is 1. The molecule has 3 heteroatoms. The van der Waals surface area contributed by atoms with Gasteiger partial charge in [0.1, 0.15) is 0 Å². The van der Waals surface area contributed by atoms with E-state index in [1.807, 2.05) is 20.9 Å². The Hall–Kier alpha value is -1.35. The normalized spacial score (nSPS) is 11.5. The van der Waals surface area contributed by atoms with Gasteiger partial charge in [-0.05, 0) is 36.1 Å². The van der Waals surface area contributed by atoms with Crippen molar-refractivity contribution in [3.63, 3.8) is 0 Å². The molecule has 0 fully saturated rings. The van der Waals surface area contributed by atoms with E-state index in [-0.39, 0.29) is 11.3 Å². The molecule has 0 radical (unpaired) electrons. The maximum atomic E-state index is 12.1. The number of amides is 1. The van der Waals surface area contributed by atoms with Crippen molar-refractivity contribution in [2.75, 3.05) is 25.0 Å². The fraction of sp³-hybridized carbons (Fsp3) is 0.562. The third-order valence-corrected chi connectivity index (χ3v) is 3.34. The number of hydrogen-bond donors (Lipinski definition) is 1. The van der Waals surface area contributed by atoms with Gasteiger partial charge in [0.15, 0.2) is 0 Å². The van der Waals surface area contributed by atoms with Crippen LogP contribution in [0.2, 0.25) is 0 Å². The molecule has 0 aromatic heterocycles. The van der Waals surface area contributed by atoms with Gasteiger partial charge in [0, 0.05) is 12.7 Å². The first kappa shape index (κ1) is 15.7. The zero-order valence-electron chi connectivity index (χ0n) is 13.0. The summed E-state index contributed by atoms with van der Waals surface area (Å²) in [6, 6.07) is 6.35. The molecule has 0 aliphatic rings. The minimum atomic E-state index is 0.0913. The van der Waals surface area contributed by atoms with Gasteiger partial charge in [-0.25, -0.2) is 0 Å². The molecule has 0 aliphatic carbocycles. The smallest absolute Gasteiger partial charge is 0.240 e. The lowest BCUT2D eigenvalue weighted by Crippen LogP contribution is -2.36. The highest BCUT2D eigenvalue weighted by atomic mass is 16.2. The Kier molecular flexibility index (Phi) is 5.12. The Labute approximate surface area is 117 Å². The van der Waals surface area contributed by atoms with E-state index < -0.39 is 0 Å². The van der Waals surface area contributed by atoms with Gasteiger partial charge in [0.2, 0.25) is 5.91 Å². The summed E-state index contributed by atoms with van der Waals surface area (Å²) in [4.78, 5) is 13.8. The topological polar surface area (TPSA) is 32.3 Å². The standard InChI is InChI=1S/C16H26N2O/c1-7-17-11-15(19)18(6)14-10-13(16(3,4)5)9-8-12(14)2/h8-10,17H,7,11H2,1-6H3. The van der Waals surface area contributed by atoms with Crippen LogP contribution in [0.1, 0.15) is 38.8 Å². The summed E-state index contributed by atoms with van der Waals surface area (Å²) in [5.41, 5.74) is 3.46. The number of anilines is 1. The lowest BCUT2D eigenvalue weighted by Gasteiger charge is -2.25. The molecule has 0 saturated carbocycles. The number of hydrogen-bond acceptors (Lipinski definition) is 2. The molecule has 1 aromatic carbocycles. The molecule has 1 N–H and O–H groups in total. The third kappa shape index (κ3) is 4.06. The van der Waals surface area contributed by atoms with E-state index in [1.54, 1.807) is 4.90 Å². The van der Waals surface area contributed by atoms with Crippen LogP contribution in [0.25, 0.3) is 0 Å². The highest BCUT2D eigenvalue weighted by Crippen LogP contribution is 2.28. The molecule has 1 rings (SSSR count). The molecule has 3 nitrogen and oxygen atoms in total. The maximum absolute atomic E-state index is 12.1. The minimum Gasteiger partial charge on any atom is -0.314 e. The van der Waals surface area contributed by atoms with Gasteiger partial charge >= 0.3 is 0 Å². The molecule has 0 saturated heterocycles. The summed E-state index contributed by atoms with van der Waals surface area (Å²) in [6.07, 6.45) is 0. The van der Waals surface area contributed by atoms with Crippen LogP contribution in [-0.2, 0) is 10.2 Å². The number of rotatable bonds is 4. The van der Waals surface area contributed by atoms with Crippen LogP contribution in [-0.4, -0.2) is 26.0 Å². The SMILES string of the molecule is CCNCC(=O)N(C)c1cc(C(C)(C)C)ccc1C. The monoisotopic (exact) mass is 262 g/mol. The summed E-state index contributed by atoms with van der Waals surface area (Å²) in [7, 11) is 1.84. The van der Waals surface area contributed by atoms with E-state index in [0.29, 0.717) is 6.54 Å². The Morgan fingerprint density at radius 2 is 1.95 bits per heavy atom. The quantitative estimate of drug-likeness (QED) is 0.905. The van der Waals surface area contributed by atoms with Gasteiger partial charge in [-0.3, -0.25) is 4.79 Å². The van der Waals surface area contributed by atoms with Gasteiger partial charge in [-0.1, -0.05) is 39.8 Å². The fourth-order valence-corrected chi connectivity index (χ4v) is 1.92. The number of benzene rings is 1. The first-order valence-electron chi connectivity index (χ1n) is 6.85. The van der Waals surface area contributed by atoms with E-state index in [0.717, 1.165) is 17.8 Å². The number of nitrogens with one attached hydrogen (secondary N) is 1. The lowest BCUT2D eigenvalue weighted by atomic mass is 9.86. The Balaban J connectivity index is 3.02. The van der Waals surface area contributed by atoms with E-state index in [2.05, 4.69) is 44.3 Å². The van der Waals surface area contributed by atoms with Gasteiger partial charge < -0.3 is 10.2 Å². The summed E-state index contributed by atoms with van der Waals surface area (Å²) >= 11 is 0. The van der Waals surface area contributed by atoms with Crippen molar-refractivity contribution in [1.82, 2.24) is 5.32 Å². The van der Waals surface area contributed by atoms with E-state index in [9.17, 15) is 4.79 Å². The van der Waals surface area contributed by atoms with E-state index in [1.165, 1.54) is 5.56 Å². The Bertz CT molecular complexity index is 447. The second-order valence-electron chi connectivity index (χ2n) is 5.98.